The molecule has 1 aromatic carbocycles. The van der Waals surface area contributed by atoms with Gasteiger partial charge in [0.1, 0.15) is 0 Å². The molecule has 1 unspecified atom stereocenters. The summed E-state index contributed by atoms with van der Waals surface area (Å²) in [5.74, 6) is -1.46. The van der Waals surface area contributed by atoms with E-state index in [9.17, 15) is 8.78 Å². The monoisotopic (exact) mass is 183 g/mol. The second-order valence-electron chi connectivity index (χ2n) is 3.29. The van der Waals surface area contributed by atoms with Gasteiger partial charge in [0.2, 0.25) is 0 Å². The van der Waals surface area contributed by atoms with Crippen LogP contribution in [-0.4, -0.2) is 6.54 Å². The molecule has 0 aromatic heterocycles. The minimum Gasteiger partial charge on any atom is -0.310 e. The van der Waals surface area contributed by atoms with Gasteiger partial charge in [0, 0.05) is 11.6 Å². The van der Waals surface area contributed by atoms with Crippen molar-refractivity contribution >= 4 is 0 Å². The lowest BCUT2D eigenvalue weighted by Gasteiger charge is -2.11. The van der Waals surface area contributed by atoms with Crippen molar-refractivity contribution in [2.45, 2.75) is 18.9 Å². The summed E-state index contributed by atoms with van der Waals surface area (Å²) in [7, 11) is 0. The van der Waals surface area contributed by atoms with Crippen LogP contribution in [0.15, 0.2) is 18.2 Å². The summed E-state index contributed by atoms with van der Waals surface area (Å²) in [4.78, 5) is 0. The van der Waals surface area contributed by atoms with E-state index in [0.29, 0.717) is 5.56 Å². The number of hydrogen-bond acceptors (Lipinski definition) is 1. The van der Waals surface area contributed by atoms with Gasteiger partial charge in [0.05, 0.1) is 0 Å². The van der Waals surface area contributed by atoms with Crippen molar-refractivity contribution < 1.29 is 8.78 Å². The molecule has 0 bridgehead atoms. The summed E-state index contributed by atoms with van der Waals surface area (Å²) in [5.41, 5.74) is 0.456. The van der Waals surface area contributed by atoms with Gasteiger partial charge >= 0.3 is 0 Å². The Hall–Kier alpha value is -0.960. The van der Waals surface area contributed by atoms with Crippen LogP contribution in [-0.2, 0) is 0 Å². The van der Waals surface area contributed by atoms with Crippen LogP contribution in [0.1, 0.15) is 24.4 Å². The van der Waals surface area contributed by atoms with Crippen LogP contribution in [0.25, 0.3) is 0 Å². The van der Waals surface area contributed by atoms with Crippen LogP contribution in [0.4, 0.5) is 8.78 Å². The van der Waals surface area contributed by atoms with E-state index in [0.717, 1.165) is 25.5 Å². The molecule has 0 aliphatic carbocycles. The van der Waals surface area contributed by atoms with Gasteiger partial charge < -0.3 is 5.32 Å². The van der Waals surface area contributed by atoms with E-state index >= 15 is 0 Å². The van der Waals surface area contributed by atoms with Crippen molar-refractivity contribution in [3.8, 4) is 0 Å². The van der Waals surface area contributed by atoms with Gasteiger partial charge in [-0.15, -0.1) is 0 Å². The zero-order valence-corrected chi connectivity index (χ0v) is 7.19. The van der Waals surface area contributed by atoms with Crippen LogP contribution in [0, 0.1) is 11.6 Å². The maximum Gasteiger partial charge on any atom is 0.163 e. The van der Waals surface area contributed by atoms with Crippen LogP contribution in [0.5, 0.6) is 0 Å². The largest absolute Gasteiger partial charge is 0.310 e. The highest BCUT2D eigenvalue weighted by molar-refractivity contribution is 5.23. The predicted molar refractivity (Wildman–Crippen MR) is 46.3 cm³/mol. The lowest BCUT2D eigenvalue weighted by atomic mass is 10.0. The normalized spacial score (nSPS) is 22.2. The third-order valence-electron chi connectivity index (χ3n) is 2.42. The van der Waals surface area contributed by atoms with Crippen molar-refractivity contribution in [2.24, 2.45) is 0 Å². The Labute approximate surface area is 75.8 Å². The first-order valence-corrected chi connectivity index (χ1v) is 4.46. The third kappa shape index (κ3) is 1.56. The molecule has 1 aliphatic heterocycles. The van der Waals surface area contributed by atoms with E-state index in [2.05, 4.69) is 5.32 Å². The highest BCUT2D eigenvalue weighted by Gasteiger charge is 2.20. The molecular weight excluding hydrogens is 172 g/mol. The summed E-state index contributed by atoms with van der Waals surface area (Å²) < 4.78 is 26.1. The molecule has 0 radical (unpaired) electrons. The molecule has 3 heteroatoms. The summed E-state index contributed by atoms with van der Waals surface area (Å²) >= 11 is 0. The number of benzene rings is 1. The second-order valence-corrected chi connectivity index (χ2v) is 3.29. The van der Waals surface area contributed by atoms with Crippen LogP contribution in [0.3, 0.4) is 0 Å². The van der Waals surface area contributed by atoms with Crippen molar-refractivity contribution in [3.63, 3.8) is 0 Å². The lowest BCUT2D eigenvalue weighted by Crippen LogP contribution is -2.14. The van der Waals surface area contributed by atoms with Crippen molar-refractivity contribution in [1.82, 2.24) is 5.32 Å². The molecule has 1 aliphatic rings. The highest BCUT2D eigenvalue weighted by Crippen LogP contribution is 2.26. The SMILES string of the molecule is Fc1cccc(C2CCCN2)c1F. The Morgan fingerprint density at radius 1 is 1.31 bits per heavy atom. The predicted octanol–water partition coefficient (Wildman–Crippen LogP) is 2.39. The van der Waals surface area contributed by atoms with Gasteiger partial charge in [0.25, 0.3) is 0 Å². The van der Waals surface area contributed by atoms with E-state index in [1.54, 1.807) is 12.1 Å². The average Bonchev–Trinajstić information content (AvgIpc) is 2.62. The lowest BCUT2D eigenvalue weighted by molar-refractivity contribution is 0.481. The van der Waals surface area contributed by atoms with E-state index in [4.69, 9.17) is 0 Å². The summed E-state index contributed by atoms with van der Waals surface area (Å²) in [6.07, 6.45) is 1.92. The quantitative estimate of drug-likeness (QED) is 0.704. The van der Waals surface area contributed by atoms with E-state index < -0.39 is 11.6 Å². The molecule has 1 N–H and O–H groups in total. The summed E-state index contributed by atoms with van der Waals surface area (Å²) in [6.45, 7) is 0.890. The van der Waals surface area contributed by atoms with E-state index in [-0.39, 0.29) is 6.04 Å². The Morgan fingerprint density at radius 3 is 2.85 bits per heavy atom. The highest BCUT2D eigenvalue weighted by atomic mass is 19.2. The fourth-order valence-electron chi connectivity index (χ4n) is 1.74. The molecule has 1 nitrogen and oxygen atoms in total. The molecule has 2 rings (SSSR count). The zero-order valence-electron chi connectivity index (χ0n) is 7.19. The molecule has 1 fully saturated rings. The maximum absolute atomic E-state index is 13.2. The average molecular weight is 183 g/mol. The first-order valence-electron chi connectivity index (χ1n) is 4.46. The van der Waals surface area contributed by atoms with Gasteiger partial charge in [-0.25, -0.2) is 8.78 Å². The fraction of sp³-hybridized carbons (Fsp3) is 0.400. The topological polar surface area (TPSA) is 12.0 Å². The third-order valence-corrected chi connectivity index (χ3v) is 2.42. The standard InChI is InChI=1S/C10H11F2N/c11-8-4-1-3-7(10(8)12)9-5-2-6-13-9/h1,3-4,9,13H,2,5-6H2. The van der Waals surface area contributed by atoms with E-state index in [1.165, 1.54) is 0 Å². The van der Waals surface area contributed by atoms with Crippen molar-refractivity contribution in [1.29, 1.82) is 0 Å². The Morgan fingerprint density at radius 2 is 2.15 bits per heavy atom. The van der Waals surface area contributed by atoms with Crippen molar-refractivity contribution in [2.75, 3.05) is 6.54 Å². The van der Waals surface area contributed by atoms with Crippen molar-refractivity contribution in [3.05, 3.63) is 35.4 Å². The molecule has 0 amide bonds. The smallest absolute Gasteiger partial charge is 0.163 e. The molecule has 1 heterocycles. The number of halogens is 2. The number of rotatable bonds is 1. The Balaban J connectivity index is 2.33. The van der Waals surface area contributed by atoms with Gasteiger partial charge in [-0.1, -0.05) is 12.1 Å². The molecule has 0 saturated carbocycles. The molecule has 13 heavy (non-hydrogen) atoms. The van der Waals surface area contributed by atoms with Crippen LogP contribution in [0.2, 0.25) is 0 Å². The van der Waals surface area contributed by atoms with Gasteiger partial charge in [-0.3, -0.25) is 0 Å². The zero-order chi connectivity index (χ0) is 9.26. The van der Waals surface area contributed by atoms with Gasteiger partial charge in [0.15, 0.2) is 11.6 Å². The summed E-state index contributed by atoms with van der Waals surface area (Å²) in [6, 6.07) is 4.33. The molecule has 0 spiro atoms. The van der Waals surface area contributed by atoms with E-state index in [1.807, 2.05) is 0 Å². The van der Waals surface area contributed by atoms with Gasteiger partial charge in [-0.2, -0.15) is 0 Å². The van der Waals surface area contributed by atoms with Gasteiger partial charge in [-0.05, 0) is 25.5 Å². The second kappa shape index (κ2) is 3.42. The minimum absolute atomic E-state index is 0.00398. The molecule has 1 aromatic rings. The fourth-order valence-corrected chi connectivity index (χ4v) is 1.74. The number of nitrogens with one attached hydrogen (secondary N) is 1. The number of hydrogen-bond donors (Lipinski definition) is 1. The first kappa shape index (κ1) is 8.63. The molecule has 1 atom stereocenters. The van der Waals surface area contributed by atoms with Crippen LogP contribution >= 0.6 is 0 Å². The molecule has 70 valence electrons. The minimum atomic E-state index is -0.758. The maximum atomic E-state index is 13.2. The van der Waals surface area contributed by atoms with Crippen LogP contribution < -0.4 is 5.32 Å². The Bertz CT molecular complexity index is 306. The first-order chi connectivity index (χ1) is 6.29. The molecule has 1 saturated heterocycles. The summed E-state index contributed by atoms with van der Waals surface area (Å²) in [5, 5.41) is 3.13. The molecular formula is C10H11F2N. The Kier molecular flexibility index (Phi) is 2.27.